The average Bonchev–Trinajstić information content (AvgIpc) is 3.11. The van der Waals surface area contributed by atoms with Crippen molar-refractivity contribution in [3.63, 3.8) is 0 Å². The summed E-state index contributed by atoms with van der Waals surface area (Å²) in [5, 5.41) is 0. The Hall–Kier alpha value is -3.48. The summed E-state index contributed by atoms with van der Waals surface area (Å²) < 4.78 is 46.9. The van der Waals surface area contributed by atoms with Gasteiger partial charge in [0.1, 0.15) is 12.4 Å². The van der Waals surface area contributed by atoms with Crippen molar-refractivity contribution < 1.29 is 22.6 Å². The second kappa shape index (κ2) is 7.16. The summed E-state index contributed by atoms with van der Waals surface area (Å²) in [5.74, 6) is -0.263. The average molecular weight is 398 g/mol. The van der Waals surface area contributed by atoms with Crippen LogP contribution in [0.2, 0.25) is 0 Å². The fraction of sp³-hybridized carbons (Fsp3) is 0.136. The quantitative estimate of drug-likeness (QED) is 0.684. The van der Waals surface area contributed by atoms with Crippen LogP contribution in [0.15, 0.2) is 83.9 Å². The first-order valence-electron chi connectivity index (χ1n) is 8.86. The molecule has 0 radical (unpaired) electrons. The molecule has 0 saturated carbocycles. The number of amidine groups is 1. The van der Waals surface area contributed by atoms with Crippen molar-refractivity contribution >= 4 is 6.02 Å². The zero-order valence-electron chi connectivity index (χ0n) is 15.2. The van der Waals surface area contributed by atoms with Crippen molar-refractivity contribution in [2.24, 2.45) is 10.7 Å². The van der Waals surface area contributed by atoms with Crippen molar-refractivity contribution in [2.45, 2.75) is 11.9 Å². The van der Waals surface area contributed by atoms with E-state index in [1.165, 1.54) is 18.2 Å². The molecule has 0 amide bonds. The molecular weight excluding hydrogens is 381 g/mol. The van der Waals surface area contributed by atoms with Gasteiger partial charge in [0.25, 0.3) is 6.02 Å². The molecule has 4 nitrogen and oxygen atoms in total. The fourth-order valence-electron chi connectivity index (χ4n) is 3.42. The molecule has 0 unspecified atom stereocenters. The Kier molecular flexibility index (Phi) is 4.66. The summed E-state index contributed by atoms with van der Waals surface area (Å²) >= 11 is 0. The van der Waals surface area contributed by atoms with Crippen molar-refractivity contribution in [1.82, 2.24) is 0 Å². The number of hydrogen-bond acceptors (Lipinski definition) is 4. The molecule has 1 aliphatic heterocycles. The fourth-order valence-corrected chi connectivity index (χ4v) is 3.42. The molecule has 0 bridgehead atoms. The maximum absolute atomic E-state index is 12.5. The van der Waals surface area contributed by atoms with Gasteiger partial charge in [0.15, 0.2) is 5.54 Å². The van der Waals surface area contributed by atoms with E-state index >= 15 is 0 Å². The molecule has 7 heteroatoms. The van der Waals surface area contributed by atoms with Crippen LogP contribution in [-0.4, -0.2) is 19.0 Å². The lowest BCUT2D eigenvalue weighted by molar-refractivity contribution is -0.274. The van der Waals surface area contributed by atoms with Gasteiger partial charge in [0.2, 0.25) is 0 Å². The third-order valence-electron chi connectivity index (χ3n) is 4.74. The van der Waals surface area contributed by atoms with E-state index in [2.05, 4.69) is 9.73 Å². The van der Waals surface area contributed by atoms with Crippen molar-refractivity contribution in [3.05, 3.63) is 90.0 Å². The van der Waals surface area contributed by atoms with Crippen LogP contribution in [0.25, 0.3) is 11.1 Å². The molecule has 4 rings (SSSR count). The van der Waals surface area contributed by atoms with E-state index in [9.17, 15) is 13.2 Å². The third-order valence-corrected chi connectivity index (χ3v) is 4.74. The van der Waals surface area contributed by atoms with Gasteiger partial charge >= 0.3 is 6.36 Å². The van der Waals surface area contributed by atoms with E-state index in [1.807, 2.05) is 54.6 Å². The lowest BCUT2D eigenvalue weighted by atomic mass is 9.84. The summed E-state index contributed by atoms with van der Waals surface area (Å²) in [5.41, 5.74) is 8.21. The number of hydrogen-bond donors (Lipinski definition) is 1. The molecular formula is C22H17F3N2O2. The van der Waals surface area contributed by atoms with Gasteiger partial charge in [-0.25, -0.2) is 4.99 Å². The molecule has 3 aromatic rings. The first-order chi connectivity index (χ1) is 13.9. The minimum absolute atomic E-state index is 0.120. The van der Waals surface area contributed by atoms with Crippen LogP contribution in [0.4, 0.5) is 13.2 Å². The van der Waals surface area contributed by atoms with Crippen LogP contribution >= 0.6 is 0 Å². The lowest BCUT2D eigenvalue weighted by Gasteiger charge is -2.25. The molecule has 0 spiro atoms. The Morgan fingerprint density at radius 2 is 1.55 bits per heavy atom. The SMILES string of the molecule is NC1=N[C@@](c2ccccc2)(c2ccc(-c3cccc(OC(F)(F)F)c3)cc2)CO1. The Morgan fingerprint density at radius 3 is 2.17 bits per heavy atom. The predicted octanol–water partition coefficient (Wildman–Crippen LogP) is 4.84. The van der Waals surface area contributed by atoms with Crippen molar-refractivity contribution in [3.8, 4) is 16.9 Å². The summed E-state index contributed by atoms with van der Waals surface area (Å²) in [4.78, 5) is 4.54. The molecule has 1 heterocycles. The lowest BCUT2D eigenvalue weighted by Crippen LogP contribution is -2.27. The smallest absolute Gasteiger partial charge is 0.462 e. The Bertz CT molecular complexity index is 1030. The standard InChI is InChI=1S/C22H17F3N2O2/c23-22(24,25)29-19-8-4-5-16(13-19)15-9-11-18(12-10-15)21(14-28-20(26)27-21)17-6-2-1-3-7-17/h1-13H,14H2,(H2,26,27)/t21-/m0/s1. The Labute approximate surface area is 165 Å². The summed E-state index contributed by atoms with van der Waals surface area (Å²) in [7, 11) is 0. The predicted molar refractivity (Wildman–Crippen MR) is 103 cm³/mol. The summed E-state index contributed by atoms with van der Waals surface area (Å²) in [6, 6.07) is 23.1. The second-order valence-electron chi connectivity index (χ2n) is 6.62. The largest absolute Gasteiger partial charge is 0.573 e. The number of ether oxygens (including phenoxy) is 2. The highest BCUT2D eigenvalue weighted by molar-refractivity contribution is 5.75. The van der Waals surface area contributed by atoms with E-state index in [4.69, 9.17) is 10.5 Å². The Morgan fingerprint density at radius 1 is 0.862 bits per heavy atom. The van der Waals surface area contributed by atoms with Crippen LogP contribution in [0, 0.1) is 0 Å². The monoisotopic (exact) mass is 398 g/mol. The molecule has 1 atom stereocenters. The molecule has 0 aromatic heterocycles. The van der Waals surface area contributed by atoms with Gasteiger partial charge in [0, 0.05) is 0 Å². The van der Waals surface area contributed by atoms with Crippen molar-refractivity contribution in [1.29, 1.82) is 0 Å². The molecule has 0 fully saturated rings. The van der Waals surface area contributed by atoms with Crippen LogP contribution in [0.5, 0.6) is 5.75 Å². The maximum Gasteiger partial charge on any atom is 0.573 e. The summed E-state index contributed by atoms with van der Waals surface area (Å²) in [6.07, 6.45) is -4.73. The molecule has 2 N–H and O–H groups in total. The van der Waals surface area contributed by atoms with Gasteiger partial charge in [-0.2, -0.15) is 0 Å². The summed E-state index contributed by atoms with van der Waals surface area (Å²) in [6.45, 7) is 0.275. The zero-order valence-corrected chi connectivity index (χ0v) is 15.2. The van der Waals surface area contributed by atoms with Gasteiger partial charge in [-0.05, 0) is 34.4 Å². The van der Waals surface area contributed by atoms with E-state index in [1.54, 1.807) is 6.07 Å². The number of alkyl halides is 3. The minimum Gasteiger partial charge on any atom is -0.462 e. The number of nitrogens with zero attached hydrogens (tertiary/aromatic N) is 1. The normalized spacial score (nSPS) is 18.8. The van der Waals surface area contributed by atoms with E-state index in [0.29, 0.717) is 5.56 Å². The van der Waals surface area contributed by atoms with Gasteiger partial charge in [-0.15, -0.1) is 13.2 Å². The second-order valence-corrected chi connectivity index (χ2v) is 6.62. The first kappa shape index (κ1) is 18.9. The van der Waals surface area contributed by atoms with Gasteiger partial charge in [-0.3, -0.25) is 0 Å². The third kappa shape index (κ3) is 3.89. The van der Waals surface area contributed by atoms with E-state index in [-0.39, 0.29) is 18.4 Å². The number of rotatable bonds is 4. The van der Waals surface area contributed by atoms with Crippen molar-refractivity contribution in [2.75, 3.05) is 6.61 Å². The van der Waals surface area contributed by atoms with Gasteiger partial charge < -0.3 is 15.2 Å². The van der Waals surface area contributed by atoms with E-state index < -0.39 is 11.9 Å². The molecule has 0 saturated heterocycles. The molecule has 29 heavy (non-hydrogen) atoms. The molecule has 3 aromatic carbocycles. The van der Waals surface area contributed by atoms with E-state index in [0.717, 1.165) is 16.7 Å². The Balaban J connectivity index is 1.68. The van der Waals surface area contributed by atoms with Crippen LogP contribution in [-0.2, 0) is 10.3 Å². The van der Waals surface area contributed by atoms with Crippen LogP contribution in [0.3, 0.4) is 0 Å². The molecule has 148 valence electrons. The highest BCUT2D eigenvalue weighted by Crippen LogP contribution is 2.38. The maximum atomic E-state index is 12.5. The van der Waals surface area contributed by atoms with Crippen LogP contribution < -0.4 is 10.5 Å². The number of aliphatic imine (C=N–C) groups is 1. The van der Waals surface area contributed by atoms with Gasteiger partial charge in [-0.1, -0.05) is 66.7 Å². The minimum atomic E-state index is -4.73. The molecule has 0 aliphatic carbocycles. The highest BCUT2D eigenvalue weighted by Gasteiger charge is 2.39. The topological polar surface area (TPSA) is 56.8 Å². The number of benzene rings is 3. The molecule has 1 aliphatic rings. The number of nitrogens with two attached hydrogens (primary N) is 1. The first-order valence-corrected chi connectivity index (χ1v) is 8.86. The zero-order chi connectivity index (χ0) is 20.5. The van der Waals surface area contributed by atoms with Gasteiger partial charge in [0.05, 0.1) is 0 Å². The van der Waals surface area contributed by atoms with Crippen LogP contribution in [0.1, 0.15) is 11.1 Å². The highest BCUT2D eigenvalue weighted by atomic mass is 19.4. The number of halogens is 3.